The van der Waals surface area contributed by atoms with E-state index in [1.165, 1.54) is 0 Å². The fourth-order valence-corrected chi connectivity index (χ4v) is 2.85. The first-order valence-electron chi connectivity index (χ1n) is 7.09. The molecule has 0 radical (unpaired) electrons. The zero-order chi connectivity index (χ0) is 15.9. The number of hydrogen-bond donors (Lipinski definition) is 1. The minimum atomic E-state index is -0.357. The molecule has 1 amide bonds. The number of amides is 1. The van der Waals surface area contributed by atoms with Crippen molar-refractivity contribution in [1.82, 2.24) is 0 Å². The number of nitrogens with one attached hydrogen (secondary N) is 1. The highest BCUT2D eigenvalue weighted by molar-refractivity contribution is 7.09. The van der Waals surface area contributed by atoms with Gasteiger partial charge in [-0.05, 0) is 55.0 Å². The molecule has 0 aliphatic rings. The SMILES string of the molecule is Cc1cc(C)cc(NC(=O)COC(=O)CCc2cccs2)c1. The Morgan fingerprint density at radius 2 is 1.91 bits per heavy atom. The van der Waals surface area contributed by atoms with Crippen LogP contribution < -0.4 is 5.32 Å². The average molecular weight is 317 g/mol. The molecule has 2 rings (SSSR count). The highest BCUT2D eigenvalue weighted by Gasteiger charge is 2.09. The van der Waals surface area contributed by atoms with Crippen LogP contribution >= 0.6 is 11.3 Å². The number of carbonyl (C=O) groups excluding carboxylic acids is 2. The molecule has 4 nitrogen and oxygen atoms in total. The zero-order valence-corrected chi connectivity index (χ0v) is 13.5. The molecule has 116 valence electrons. The second-order valence-corrected chi connectivity index (χ2v) is 6.20. The van der Waals surface area contributed by atoms with E-state index in [4.69, 9.17) is 4.74 Å². The summed E-state index contributed by atoms with van der Waals surface area (Å²) in [5, 5.41) is 4.70. The van der Waals surface area contributed by atoms with Gasteiger partial charge in [-0.2, -0.15) is 0 Å². The molecule has 1 aromatic carbocycles. The van der Waals surface area contributed by atoms with E-state index < -0.39 is 0 Å². The van der Waals surface area contributed by atoms with Crippen LogP contribution in [0.25, 0.3) is 0 Å². The smallest absolute Gasteiger partial charge is 0.306 e. The lowest BCUT2D eigenvalue weighted by Crippen LogP contribution is -2.21. The van der Waals surface area contributed by atoms with Crippen molar-refractivity contribution in [2.24, 2.45) is 0 Å². The summed E-state index contributed by atoms with van der Waals surface area (Å²) in [4.78, 5) is 24.5. The molecule has 2 aromatic rings. The Balaban J connectivity index is 1.73. The molecule has 1 heterocycles. The van der Waals surface area contributed by atoms with Crippen molar-refractivity contribution in [2.75, 3.05) is 11.9 Å². The van der Waals surface area contributed by atoms with Gasteiger partial charge in [0.25, 0.3) is 5.91 Å². The van der Waals surface area contributed by atoms with E-state index in [2.05, 4.69) is 5.32 Å². The third kappa shape index (κ3) is 5.33. The molecule has 0 aliphatic heterocycles. The summed E-state index contributed by atoms with van der Waals surface area (Å²) in [5.41, 5.74) is 2.86. The van der Waals surface area contributed by atoms with Gasteiger partial charge in [0.2, 0.25) is 0 Å². The molecular weight excluding hydrogens is 298 g/mol. The number of thiophene rings is 1. The lowest BCUT2D eigenvalue weighted by atomic mass is 10.1. The molecule has 0 bridgehead atoms. The fraction of sp³-hybridized carbons (Fsp3) is 0.294. The predicted molar refractivity (Wildman–Crippen MR) is 88.1 cm³/mol. The van der Waals surface area contributed by atoms with Gasteiger partial charge in [0.1, 0.15) is 0 Å². The summed E-state index contributed by atoms with van der Waals surface area (Å²) in [6.45, 7) is 3.68. The van der Waals surface area contributed by atoms with Crippen molar-refractivity contribution >= 4 is 28.9 Å². The number of carbonyl (C=O) groups is 2. The maximum atomic E-state index is 11.8. The van der Waals surface area contributed by atoms with E-state index in [9.17, 15) is 9.59 Å². The molecule has 1 aromatic heterocycles. The average Bonchev–Trinajstić information content (AvgIpc) is 2.95. The highest BCUT2D eigenvalue weighted by Crippen LogP contribution is 2.14. The maximum Gasteiger partial charge on any atom is 0.306 e. The molecule has 5 heteroatoms. The van der Waals surface area contributed by atoms with Gasteiger partial charge in [0.05, 0.1) is 6.42 Å². The minimum Gasteiger partial charge on any atom is -0.456 e. The Morgan fingerprint density at radius 1 is 1.18 bits per heavy atom. The maximum absolute atomic E-state index is 11.8. The largest absolute Gasteiger partial charge is 0.456 e. The molecule has 0 unspecified atom stereocenters. The number of rotatable bonds is 6. The molecule has 0 saturated heterocycles. The Morgan fingerprint density at radius 3 is 2.55 bits per heavy atom. The van der Waals surface area contributed by atoms with Crippen LogP contribution in [-0.2, 0) is 20.7 Å². The molecule has 22 heavy (non-hydrogen) atoms. The summed E-state index contributed by atoms with van der Waals surface area (Å²) >= 11 is 1.61. The summed E-state index contributed by atoms with van der Waals surface area (Å²) in [7, 11) is 0. The monoisotopic (exact) mass is 317 g/mol. The molecule has 0 spiro atoms. The zero-order valence-electron chi connectivity index (χ0n) is 12.7. The standard InChI is InChI=1S/C17H19NO3S/c1-12-8-13(2)10-14(9-12)18-16(19)11-21-17(20)6-5-15-4-3-7-22-15/h3-4,7-10H,5-6,11H2,1-2H3,(H,18,19). The van der Waals surface area contributed by atoms with Gasteiger partial charge < -0.3 is 10.1 Å². The van der Waals surface area contributed by atoms with Crippen molar-refractivity contribution in [3.05, 3.63) is 51.7 Å². The minimum absolute atomic E-state index is 0.254. The van der Waals surface area contributed by atoms with Gasteiger partial charge in [0, 0.05) is 10.6 Å². The van der Waals surface area contributed by atoms with Crippen molar-refractivity contribution < 1.29 is 14.3 Å². The highest BCUT2D eigenvalue weighted by atomic mass is 32.1. The number of hydrogen-bond acceptors (Lipinski definition) is 4. The Labute approximate surface area is 134 Å². The summed E-state index contributed by atoms with van der Waals surface area (Å²) in [6.07, 6.45) is 0.937. The van der Waals surface area contributed by atoms with Crippen LogP contribution in [0.2, 0.25) is 0 Å². The van der Waals surface area contributed by atoms with Gasteiger partial charge in [-0.1, -0.05) is 12.1 Å². The van der Waals surface area contributed by atoms with Crippen LogP contribution in [0.15, 0.2) is 35.7 Å². The number of ether oxygens (including phenoxy) is 1. The first-order valence-corrected chi connectivity index (χ1v) is 7.97. The fourth-order valence-electron chi connectivity index (χ4n) is 2.14. The van der Waals surface area contributed by atoms with Gasteiger partial charge in [-0.15, -0.1) is 11.3 Å². The summed E-state index contributed by atoms with van der Waals surface area (Å²) in [5.74, 6) is -0.682. The van der Waals surface area contributed by atoms with Crippen molar-refractivity contribution in [1.29, 1.82) is 0 Å². The molecule has 0 fully saturated rings. The molecule has 0 atom stereocenters. The first kappa shape index (κ1) is 16.2. The van der Waals surface area contributed by atoms with Gasteiger partial charge >= 0.3 is 5.97 Å². The van der Waals surface area contributed by atoms with E-state index in [1.54, 1.807) is 11.3 Å². The van der Waals surface area contributed by atoms with E-state index in [-0.39, 0.29) is 24.9 Å². The Kier molecular flexibility index (Phi) is 5.72. The van der Waals surface area contributed by atoms with Crippen LogP contribution in [0.5, 0.6) is 0 Å². The van der Waals surface area contributed by atoms with Crippen LogP contribution in [-0.4, -0.2) is 18.5 Å². The number of benzene rings is 1. The van der Waals surface area contributed by atoms with Gasteiger partial charge in [0.15, 0.2) is 6.61 Å². The topological polar surface area (TPSA) is 55.4 Å². The molecule has 0 saturated carbocycles. The van der Waals surface area contributed by atoms with Crippen LogP contribution in [0, 0.1) is 13.8 Å². The van der Waals surface area contributed by atoms with Gasteiger partial charge in [-0.25, -0.2) is 0 Å². The lowest BCUT2D eigenvalue weighted by Gasteiger charge is -2.08. The molecule has 1 N–H and O–H groups in total. The van der Waals surface area contributed by atoms with Crippen molar-refractivity contribution in [3.8, 4) is 0 Å². The van der Waals surface area contributed by atoms with Crippen LogP contribution in [0.4, 0.5) is 5.69 Å². The van der Waals surface area contributed by atoms with Gasteiger partial charge in [-0.3, -0.25) is 9.59 Å². The van der Waals surface area contributed by atoms with E-state index in [1.807, 2.05) is 49.6 Å². The number of anilines is 1. The third-order valence-electron chi connectivity index (χ3n) is 3.03. The predicted octanol–water partition coefficient (Wildman–Crippen LogP) is 3.48. The number of aryl methyl sites for hydroxylation is 3. The Hall–Kier alpha value is -2.14. The van der Waals surface area contributed by atoms with E-state index >= 15 is 0 Å². The summed E-state index contributed by atoms with van der Waals surface area (Å²) in [6, 6.07) is 9.71. The quantitative estimate of drug-likeness (QED) is 0.830. The first-order chi connectivity index (χ1) is 10.5. The molecule has 0 aliphatic carbocycles. The second-order valence-electron chi connectivity index (χ2n) is 5.16. The lowest BCUT2D eigenvalue weighted by molar-refractivity contribution is -0.147. The van der Waals surface area contributed by atoms with Crippen molar-refractivity contribution in [3.63, 3.8) is 0 Å². The van der Waals surface area contributed by atoms with E-state index in [0.717, 1.165) is 21.7 Å². The molecular formula is C17H19NO3S. The van der Waals surface area contributed by atoms with Crippen LogP contribution in [0.1, 0.15) is 22.4 Å². The van der Waals surface area contributed by atoms with Crippen LogP contribution in [0.3, 0.4) is 0 Å². The normalized spacial score (nSPS) is 10.3. The summed E-state index contributed by atoms with van der Waals surface area (Å²) < 4.78 is 4.99. The number of esters is 1. The third-order valence-corrected chi connectivity index (χ3v) is 3.96. The second kappa shape index (κ2) is 7.75. The van der Waals surface area contributed by atoms with E-state index in [0.29, 0.717) is 6.42 Å². The van der Waals surface area contributed by atoms with Crippen molar-refractivity contribution in [2.45, 2.75) is 26.7 Å². The Bertz CT molecular complexity index is 630.